The lowest BCUT2D eigenvalue weighted by atomic mass is 10.1. The van der Waals surface area contributed by atoms with E-state index in [2.05, 4.69) is 32.1 Å². The molecule has 1 atom stereocenters. The molecule has 112 valence electrons. The van der Waals surface area contributed by atoms with Crippen LogP contribution in [0.15, 0.2) is 24.3 Å². The Balaban J connectivity index is 3.38. The maximum absolute atomic E-state index is 9.75. The van der Waals surface area contributed by atoms with Crippen LogP contribution in [-0.4, -0.2) is 11.2 Å². The SMILES string of the molecule is CCCCCC=CCC(O)C=CCCCCCCC. The van der Waals surface area contributed by atoms with Gasteiger partial charge in [-0.15, -0.1) is 0 Å². The summed E-state index contributed by atoms with van der Waals surface area (Å²) >= 11 is 0. The maximum atomic E-state index is 9.75. The molecule has 0 aliphatic rings. The first-order valence-electron chi connectivity index (χ1n) is 8.31. The van der Waals surface area contributed by atoms with Crippen molar-refractivity contribution in [2.24, 2.45) is 0 Å². The summed E-state index contributed by atoms with van der Waals surface area (Å²) in [6.07, 6.45) is 21.6. The van der Waals surface area contributed by atoms with Crippen molar-refractivity contribution < 1.29 is 5.11 Å². The lowest BCUT2D eigenvalue weighted by molar-refractivity contribution is 0.226. The minimum absolute atomic E-state index is 0.293. The Hall–Kier alpha value is -0.560. The molecule has 0 spiro atoms. The number of aliphatic hydroxyl groups is 1. The molecule has 0 rings (SSSR count). The van der Waals surface area contributed by atoms with E-state index in [1.54, 1.807) is 0 Å². The molecular weight excluding hydrogens is 232 g/mol. The van der Waals surface area contributed by atoms with Gasteiger partial charge in [0.05, 0.1) is 6.10 Å². The van der Waals surface area contributed by atoms with Gasteiger partial charge in [0.1, 0.15) is 0 Å². The molecule has 0 aromatic rings. The van der Waals surface area contributed by atoms with E-state index in [9.17, 15) is 5.11 Å². The average molecular weight is 266 g/mol. The zero-order chi connectivity index (χ0) is 14.2. The van der Waals surface area contributed by atoms with Gasteiger partial charge in [-0.25, -0.2) is 0 Å². The molecule has 0 aliphatic heterocycles. The monoisotopic (exact) mass is 266 g/mol. The molecule has 0 aromatic heterocycles. The molecule has 1 unspecified atom stereocenters. The van der Waals surface area contributed by atoms with Crippen LogP contribution in [-0.2, 0) is 0 Å². The van der Waals surface area contributed by atoms with E-state index in [1.807, 2.05) is 6.08 Å². The molecule has 0 saturated heterocycles. The lowest BCUT2D eigenvalue weighted by Gasteiger charge is -2.01. The topological polar surface area (TPSA) is 20.2 Å². The minimum atomic E-state index is -0.293. The second-order valence-electron chi connectivity index (χ2n) is 5.40. The van der Waals surface area contributed by atoms with Crippen molar-refractivity contribution >= 4 is 0 Å². The smallest absolute Gasteiger partial charge is 0.0755 e. The minimum Gasteiger partial charge on any atom is -0.389 e. The van der Waals surface area contributed by atoms with Crippen LogP contribution < -0.4 is 0 Å². The Morgan fingerprint density at radius 2 is 1.32 bits per heavy atom. The van der Waals surface area contributed by atoms with E-state index in [1.165, 1.54) is 51.4 Å². The quantitative estimate of drug-likeness (QED) is 0.330. The fourth-order valence-electron chi connectivity index (χ4n) is 2.06. The highest BCUT2D eigenvalue weighted by atomic mass is 16.3. The van der Waals surface area contributed by atoms with Gasteiger partial charge in [0.15, 0.2) is 0 Å². The summed E-state index contributed by atoms with van der Waals surface area (Å²) in [6.45, 7) is 4.46. The zero-order valence-electron chi connectivity index (χ0n) is 13.1. The first-order chi connectivity index (χ1) is 9.31. The Kier molecular flexibility index (Phi) is 15.0. The largest absolute Gasteiger partial charge is 0.389 e. The molecule has 0 saturated carbocycles. The van der Waals surface area contributed by atoms with E-state index >= 15 is 0 Å². The summed E-state index contributed by atoms with van der Waals surface area (Å²) in [7, 11) is 0. The highest BCUT2D eigenvalue weighted by Crippen LogP contribution is 2.06. The molecule has 0 fully saturated rings. The molecule has 0 bridgehead atoms. The molecule has 1 nitrogen and oxygen atoms in total. The van der Waals surface area contributed by atoms with Gasteiger partial charge in [-0.2, -0.15) is 0 Å². The van der Waals surface area contributed by atoms with Gasteiger partial charge in [0, 0.05) is 0 Å². The van der Waals surface area contributed by atoms with E-state index in [-0.39, 0.29) is 6.10 Å². The first kappa shape index (κ1) is 18.4. The van der Waals surface area contributed by atoms with Crippen molar-refractivity contribution in [3.63, 3.8) is 0 Å². The van der Waals surface area contributed by atoms with Gasteiger partial charge < -0.3 is 5.11 Å². The normalized spacial score (nSPS) is 13.6. The van der Waals surface area contributed by atoms with Gasteiger partial charge in [-0.3, -0.25) is 0 Å². The van der Waals surface area contributed by atoms with Crippen LogP contribution in [0, 0.1) is 0 Å². The Labute approximate surface area is 120 Å². The highest BCUT2D eigenvalue weighted by Gasteiger charge is 1.94. The van der Waals surface area contributed by atoms with Crippen LogP contribution in [0.2, 0.25) is 0 Å². The Bertz CT molecular complexity index is 218. The molecule has 19 heavy (non-hydrogen) atoms. The van der Waals surface area contributed by atoms with Crippen molar-refractivity contribution in [2.75, 3.05) is 0 Å². The lowest BCUT2D eigenvalue weighted by Crippen LogP contribution is -1.99. The number of unbranched alkanes of at least 4 members (excludes halogenated alkanes) is 8. The summed E-state index contributed by atoms with van der Waals surface area (Å²) in [5.41, 5.74) is 0. The summed E-state index contributed by atoms with van der Waals surface area (Å²) in [4.78, 5) is 0. The highest BCUT2D eigenvalue weighted by molar-refractivity contribution is 4.94. The fraction of sp³-hybridized carbons (Fsp3) is 0.778. The van der Waals surface area contributed by atoms with Gasteiger partial charge in [-0.05, 0) is 32.1 Å². The van der Waals surface area contributed by atoms with Crippen molar-refractivity contribution in [1.29, 1.82) is 0 Å². The van der Waals surface area contributed by atoms with Crippen molar-refractivity contribution in [3.8, 4) is 0 Å². The molecule has 1 N–H and O–H groups in total. The number of aliphatic hydroxyl groups excluding tert-OH is 1. The first-order valence-corrected chi connectivity index (χ1v) is 8.31. The summed E-state index contributed by atoms with van der Waals surface area (Å²) in [5, 5.41) is 9.75. The molecule has 0 amide bonds. The van der Waals surface area contributed by atoms with Crippen LogP contribution >= 0.6 is 0 Å². The van der Waals surface area contributed by atoms with Crippen LogP contribution in [0.1, 0.15) is 84.5 Å². The molecular formula is C18H34O. The number of hydrogen-bond acceptors (Lipinski definition) is 1. The molecule has 0 heterocycles. The average Bonchev–Trinajstić information content (AvgIpc) is 2.41. The summed E-state index contributed by atoms with van der Waals surface area (Å²) in [6, 6.07) is 0. The zero-order valence-corrected chi connectivity index (χ0v) is 13.1. The number of rotatable bonds is 13. The Morgan fingerprint density at radius 3 is 2.05 bits per heavy atom. The van der Waals surface area contributed by atoms with Gasteiger partial charge in [-0.1, -0.05) is 76.7 Å². The molecule has 0 aromatic carbocycles. The molecule has 1 heteroatoms. The predicted molar refractivity (Wildman–Crippen MR) is 86.4 cm³/mol. The summed E-state index contributed by atoms with van der Waals surface area (Å²) < 4.78 is 0. The van der Waals surface area contributed by atoms with E-state index in [0.717, 1.165) is 19.3 Å². The van der Waals surface area contributed by atoms with Gasteiger partial charge in [0.25, 0.3) is 0 Å². The maximum Gasteiger partial charge on any atom is 0.0755 e. The van der Waals surface area contributed by atoms with E-state index in [4.69, 9.17) is 0 Å². The van der Waals surface area contributed by atoms with Crippen LogP contribution in [0.25, 0.3) is 0 Å². The van der Waals surface area contributed by atoms with Gasteiger partial charge in [0.2, 0.25) is 0 Å². The third-order valence-electron chi connectivity index (χ3n) is 3.35. The van der Waals surface area contributed by atoms with Crippen molar-refractivity contribution in [2.45, 2.75) is 90.6 Å². The van der Waals surface area contributed by atoms with Crippen molar-refractivity contribution in [3.05, 3.63) is 24.3 Å². The second kappa shape index (κ2) is 15.5. The number of allylic oxidation sites excluding steroid dienone is 2. The number of hydrogen-bond donors (Lipinski definition) is 1. The third-order valence-corrected chi connectivity index (χ3v) is 3.35. The van der Waals surface area contributed by atoms with Crippen molar-refractivity contribution in [1.82, 2.24) is 0 Å². The standard InChI is InChI=1S/C18H34O/c1-3-5-7-9-11-13-15-17-18(19)16-14-12-10-8-6-4-2/h12,14-15,17-19H,3-11,13,16H2,1-2H3. The summed E-state index contributed by atoms with van der Waals surface area (Å²) in [5.74, 6) is 0. The van der Waals surface area contributed by atoms with Gasteiger partial charge >= 0.3 is 0 Å². The van der Waals surface area contributed by atoms with Crippen LogP contribution in [0.3, 0.4) is 0 Å². The third kappa shape index (κ3) is 15.4. The van der Waals surface area contributed by atoms with E-state index in [0.29, 0.717) is 0 Å². The molecule has 0 aliphatic carbocycles. The fourth-order valence-corrected chi connectivity index (χ4v) is 2.06. The Morgan fingerprint density at radius 1 is 0.737 bits per heavy atom. The second-order valence-corrected chi connectivity index (χ2v) is 5.40. The van der Waals surface area contributed by atoms with Crippen LogP contribution in [0.4, 0.5) is 0 Å². The van der Waals surface area contributed by atoms with E-state index < -0.39 is 0 Å². The predicted octanol–water partition coefficient (Wildman–Crippen LogP) is 5.79. The van der Waals surface area contributed by atoms with Crippen LogP contribution in [0.5, 0.6) is 0 Å². The molecule has 0 radical (unpaired) electrons.